The largest absolute Gasteiger partial charge is 0.504 e. The Kier molecular flexibility index (Phi) is 7.32. The first-order chi connectivity index (χ1) is 21.0. The molecule has 2 aliphatic rings. The lowest BCUT2D eigenvalue weighted by molar-refractivity contribution is -0.118. The number of nitrogens with two attached hydrogens (primary N) is 1. The van der Waals surface area contributed by atoms with Crippen LogP contribution in [0.5, 0.6) is 5.75 Å². The quantitative estimate of drug-likeness (QED) is 0.327. The Labute approximate surface area is 253 Å². The number of carbonyl (C=O) groups is 2. The van der Waals surface area contributed by atoms with Gasteiger partial charge in [0.05, 0.1) is 23.6 Å². The molecule has 1 aromatic carbocycles. The van der Waals surface area contributed by atoms with Crippen molar-refractivity contribution in [2.45, 2.75) is 52.7 Å². The Bertz CT molecular complexity index is 1850. The normalized spacial score (nSPS) is 16.3. The van der Waals surface area contributed by atoms with Crippen molar-refractivity contribution in [3.8, 4) is 17.1 Å². The van der Waals surface area contributed by atoms with Crippen molar-refractivity contribution >= 4 is 23.3 Å². The van der Waals surface area contributed by atoms with Crippen LogP contribution >= 0.6 is 0 Å². The summed E-state index contributed by atoms with van der Waals surface area (Å²) in [6.07, 6.45) is 2.43. The number of hydrogen-bond acceptors (Lipinski definition) is 10. The van der Waals surface area contributed by atoms with Crippen LogP contribution in [-0.4, -0.2) is 83.7 Å². The second kappa shape index (κ2) is 11.0. The number of rotatable bonds is 6. The highest BCUT2D eigenvalue weighted by Gasteiger charge is 2.31. The average molecular weight is 602 g/mol. The van der Waals surface area contributed by atoms with E-state index in [2.05, 4.69) is 15.1 Å². The molecular formula is C30H35N9O5. The van der Waals surface area contributed by atoms with Crippen LogP contribution in [0.2, 0.25) is 0 Å². The van der Waals surface area contributed by atoms with E-state index in [0.717, 1.165) is 23.1 Å². The van der Waals surface area contributed by atoms with Gasteiger partial charge in [-0.05, 0) is 50.8 Å². The summed E-state index contributed by atoms with van der Waals surface area (Å²) in [5.74, 6) is -0.639. The van der Waals surface area contributed by atoms with Gasteiger partial charge < -0.3 is 29.9 Å². The highest BCUT2D eigenvalue weighted by atomic mass is 16.5. The van der Waals surface area contributed by atoms with Crippen molar-refractivity contribution in [2.75, 3.05) is 37.7 Å². The van der Waals surface area contributed by atoms with E-state index in [1.807, 2.05) is 43.9 Å². The van der Waals surface area contributed by atoms with Crippen molar-refractivity contribution in [1.82, 2.24) is 34.0 Å². The average Bonchev–Trinajstić information content (AvgIpc) is 3.45. The topological polar surface area (TPSA) is 174 Å². The molecule has 0 bridgehead atoms. The van der Waals surface area contributed by atoms with Crippen LogP contribution in [0.1, 0.15) is 53.8 Å². The molecule has 14 nitrogen and oxygen atoms in total. The lowest BCUT2D eigenvalue weighted by Crippen LogP contribution is -2.51. The number of aryl methyl sites for hydroxylation is 1. The monoisotopic (exact) mass is 601 g/mol. The van der Waals surface area contributed by atoms with Crippen molar-refractivity contribution in [1.29, 1.82) is 0 Å². The van der Waals surface area contributed by atoms with Crippen LogP contribution in [0.4, 0.5) is 5.69 Å². The summed E-state index contributed by atoms with van der Waals surface area (Å²) >= 11 is 0. The number of aromatic hydroxyl groups is 1. The number of amides is 2. The Morgan fingerprint density at radius 3 is 2.59 bits per heavy atom. The second-order valence-electron chi connectivity index (χ2n) is 11.6. The molecule has 0 aliphatic carbocycles. The SMILES string of the molecule is CCc1c(N2CCN(C(=O)c3ncnc(C)c3O)CC2)c(=O)n2nc(-c3ccc4c(c3)CCOC4(C)C)nc2n1CC(N)=O. The van der Waals surface area contributed by atoms with Crippen LogP contribution in [0, 0.1) is 6.92 Å². The number of primary amides is 1. The van der Waals surface area contributed by atoms with E-state index in [4.69, 9.17) is 15.5 Å². The van der Waals surface area contributed by atoms with Crippen molar-refractivity contribution in [3.63, 3.8) is 0 Å². The van der Waals surface area contributed by atoms with E-state index in [1.54, 1.807) is 16.4 Å². The molecule has 2 aliphatic heterocycles. The number of benzene rings is 1. The molecule has 5 heterocycles. The first kappa shape index (κ1) is 29.2. The maximum absolute atomic E-state index is 14.1. The van der Waals surface area contributed by atoms with Gasteiger partial charge in [0, 0.05) is 31.7 Å². The Hall–Kier alpha value is -4.85. The van der Waals surface area contributed by atoms with Gasteiger partial charge in [-0.3, -0.25) is 14.4 Å². The van der Waals surface area contributed by atoms with E-state index < -0.39 is 17.4 Å². The van der Waals surface area contributed by atoms with Crippen molar-refractivity contribution in [2.24, 2.45) is 5.73 Å². The van der Waals surface area contributed by atoms with E-state index in [-0.39, 0.29) is 42.4 Å². The van der Waals surface area contributed by atoms with E-state index in [0.29, 0.717) is 49.0 Å². The zero-order valence-corrected chi connectivity index (χ0v) is 25.2. The molecule has 6 rings (SSSR count). The summed E-state index contributed by atoms with van der Waals surface area (Å²) in [5, 5.41) is 14.9. The minimum absolute atomic E-state index is 0.0566. The molecule has 3 aromatic heterocycles. The Morgan fingerprint density at radius 1 is 1.14 bits per heavy atom. The summed E-state index contributed by atoms with van der Waals surface area (Å²) in [4.78, 5) is 55.5. The number of fused-ring (bicyclic) bond motifs is 2. The molecule has 0 radical (unpaired) electrons. The minimum Gasteiger partial charge on any atom is -0.504 e. The second-order valence-corrected chi connectivity index (χ2v) is 11.6. The number of anilines is 1. The van der Waals surface area contributed by atoms with Crippen molar-refractivity contribution in [3.05, 3.63) is 63.1 Å². The van der Waals surface area contributed by atoms with Gasteiger partial charge in [-0.1, -0.05) is 19.1 Å². The minimum atomic E-state index is -0.577. The fourth-order valence-electron chi connectivity index (χ4n) is 6.13. The summed E-state index contributed by atoms with van der Waals surface area (Å²) in [6.45, 7) is 9.25. The van der Waals surface area contributed by atoms with Gasteiger partial charge in [-0.15, -0.1) is 5.10 Å². The number of ether oxygens (including phenoxy) is 1. The predicted octanol–water partition coefficient (Wildman–Crippen LogP) is 1.18. The number of carbonyl (C=O) groups excluding carboxylic acids is 2. The molecule has 0 saturated carbocycles. The van der Waals surface area contributed by atoms with Gasteiger partial charge in [0.2, 0.25) is 11.7 Å². The zero-order chi connectivity index (χ0) is 31.3. The van der Waals surface area contributed by atoms with E-state index in [1.165, 1.54) is 10.8 Å². The molecule has 0 unspecified atom stereocenters. The standard InChI is InChI=1S/C30H35N9O5/c1-5-21-24(36-9-11-37(12-10-36)27(42)23-25(41)17(2)32-16-33-23)28(43)39-29(38(21)15-22(31)40)34-26(35-39)19-6-7-20-18(14-19)8-13-44-30(20,3)4/h6-7,14,16,41H,5,8-13,15H2,1-4H3,(H2,31,40). The van der Waals surface area contributed by atoms with Crippen LogP contribution in [-0.2, 0) is 34.5 Å². The van der Waals surface area contributed by atoms with E-state index >= 15 is 0 Å². The lowest BCUT2D eigenvalue weighted by atomic mass is 9.88. The number of hydrogen-bond donors (Lipinski definition) is 2. The van der Waals surface area contributed by atoms with Gasteiger partial charge in [-0.25, -0.2) is 9.97 Å². The Morgan fingerprint density at radius 2 is 1.89 bits per heavy atom. The summed E-state index contributed by atoms with van der Waals surface area (Å²) in [6, 6.07) is 5.96. The van der Waals surface area contributed by atoms with Gasteiger partial charge in [0.15, 0.2) is 17.3 Å². The maximum atomic E-state index is 14.1. The highest BCUT2D eigenvalue weighted by Crippen LogP contribution is 2.34. The molecule has 3 N–H and O–H groups in total. The molecule has 230 valence electrons. The van der Waals surface area contributed by atoms with Crippen LogP contribution in [0.15, 0.2) is 29.3 Å². The predicted molar refractivity (Wildman–Crippen MR) is 160 cm³/mol. The van der Waals surface area contributed by atoms with Crippen LogP contribution in [0.25, 0.3) is 17.2 Å². The van der Waals surface area contributed by atoms with Crippen molar-refractivity contribution < 1.29 is 19.4 Å². The third kappa shape index (κ3) is 4.94. The number of piperazine rings is 1. The fourth-order valence-corrected chi connectivity index (χ4v) is 6.13. The summed E-state index contributed by atoms with van der Waals surface area (Å²) in [5.41, 5.74) is 9.13. The third-order valence-electron chi connectivity index (χ3n) is 8.41. The smallest absolute Gasteiger partial charge is 0.299 e. The molecule has 0 atom stereocenters. The lowest BCUT2D eigenvalue weighted by Gasteiger charge is -2.36. The van der Waals surface area contributed by atoms with E-state index in [9.17, 15) is 19.5 Å². The fraction of sp³-hybridized carbons (Fsp3) is 0.433. The first-order valence-corrected chi connectivity index (χ1v) is 14.6. The van der Waals surface area contributed by atoms with Gasteiger partial charge >= 0.3 is 0 Å². The zero-order valence-electron chi connectivity index (χ0n) is 25.2. The first-order valence-electron chi connectivity index (χ1n) is 14.6. The molecule has 14 heteroatoms. The number of aromatic nitrogens is 6. The maximum Gasteiger partial charge on any atom is 0.299 e. The third-order valence-corrected chi connectivity index (χ3v) is 8.41. The van der Waals surface area contributed by atoms with Crippen LogP contribution in [0.3, 0.4) is 0 Å². The highest BCUT2D eigenvalue weighted by molar-refractivity contribution is 5.95. The molecule has 44 heavy (non-hydrogen) atoms. The van der Waals surface area contributed by atoms with Crippen LogP contribution < -0.4 is 16.2 Å². The van der Waals surface area contributed by atoms with Gasteiger partial charge in [-0.2, -0.15) is 9.50 Å². The molecule has 0 spiro atoms. The van der Waals surface area contributed by atoms with Gasteiger partial charge in [0.1, 0.15) is 18.6 Å². The molecule has 2 amide bonds. The molecule has 4 aromatic rings. The molecule has 1 fully saturated rings. The summed E-state index contributed by atoms with van der Waals surface area (Å²) < 4.78 is 8.83. The molecular weight excluding hydrogens is 566 g/mol. The Balaban J connectivity index is 1.38. The number of nitrogens with zero attached hydrogens (tertiary/aromatic N) is 8. The summed E-state index contributed by atoms with van der Waals surface area (Å²) in [7, 11) is 0. The molecule has 1 saturated heterocycles. The van der Waals surface area contributed by atoms with Gasteiger partial charge in [0.25, 0.3) is 11.5 Å².